The van der Waals surface area contributed by atoms with Gasteiger partial charge in [0.15, 0.2) is 5.11 Å². The van der Waals surface area contributed by atoms with Crippen molar-refractivity contribution in [2.75, 3.05) is 57.8 Å². The van der Waals surface area contributed by atoms with Crippen LogP contribution in [-0.4, -0.2) is 89.2 Å². The standard InChI is InChI=1S/C21H34N8O2S/c1-15-14-16(2)25-19(24-15)26-20(29-8-4-17(5-9-29)18(22)30)27-21(32)23-6-3-7-28-10-12-31-13-11-28/h14,17H,3-13H2,1-2H3,(H2,22,30)(H2,23,24,25,26,27,32). The second-order valence-electron chi connectivity index (χ2n) is 8.24. The fraction of sp³-hybridized carbons (Fsp3) is 0.667. The molecule has 0 aliphatic carbocycles. The van der Waals surface area contributed by atoms with Crippen LogP contribution in [0.25, 0.3) is 0 Å². The first kappa shape index (κ1) is 24.3. The molecule has 1 aromatic heterocycles. The van der Waals surface area contributed by atoms with E-state index in [2.05, 4.69) is 35.4 Å². The lowest BCUT2D eigenvalue weighted by Crippen LogP contribution is -2.45. The van der Waals surface area contributed by atoms with Gasteiger partial charge in [-0.1, -0.05) is 0 Å². The number of piperidine rings is 1. The van der Waals surface area contributed by atoms with E-state index in [0.717, 1.165) is 57.2 Å². The number of guanidine groups is 1. The number of aliphatic imine (C=N–C) groups is 1. The average Bonchev–Trinajstić information content (AvgIpc) is 2.76. The summed E-state index contributed by atoms with van der Waals surface area (Å²) >= 11 is 5.49. The molecule has 0 unspecified atom stereocenters. The number of rotatable bonds is 6. The first-order chi connectivity index (χ1) is 15.4. The zero-order valence-electron chi connectivity index (χ0n) is 19.0. The lowest BCUT2D eigenvalue weighted by molar-refractivity contribution is -0.122. The molecule has 1 amide bonds. The van der Waals surface area contributed by atoms with E-state index in [1.165, 1.54) is 0 Å². The number of ether oxygens (including phenoxy) is 1. The molecule has 3 heterocycles. The van der Waals surface area contributed by atoms with E-state index in [4.69, 9.17) is 22.7 Å². The predicted molar refractivity (Wildman–Crippen MR) is 129 cm³/mol. The van der Waals surface area contributed by atoms with Gasteiger partial charge in [-0.3, -0.25) is 15.0 Å². The maximum absolute atomic E-state index is 11.5. The van der Waals surface area contributed by atoms with Crippen molar-refractivity contribution >= 4 is 35.1 Å². The molecule has 0 aromatic carbocycles. The molecular weight excluding hydrogens is 428 g/mol. The van der Waals surface area contributed by atoms with Crippen molar-refractivity contribution in [3.63, 3.8) is 0 Å². The van der Waals surface area contributed by atoms with Gasteiger partial charge in [-0.2, -0.15) is 4.99 Å². The minimum Gasteiger partial charge on any atom is -0.379 e. The summed E-state index contributed by atoms with van der Waals surface area (Å²) in [7, 11) is 0. The summed E-state index contributed by atoms with van der Waals surface area (Å²) in [5.74, 6) is 0.721. The summed E-state index contributed by atoms with van der Waals surface area (Å²) < 4.78 is 5.39. The van der Waals surface area contributed by atoms with Gasteiger partial charge < -0.3 is 20.7 Å². The van der Waals surface area contributed by atoms with Crippen LogP contribution >= 0.6 is 12.2 Å². The molecule has 0 saturated carbocycles. The summed E-state index contributed by atoms with van der Waals surface area (Å²) in [5.41, 5.74) is 7.23. The topological polar surface area (TPSA) is 121 Å². The number of nitrogens with zero attached hydrogens (tertiary/aromatic N) is 5. The van der Waals surface area contributed by atoms with E-state index >= 15 is 0 Å². The predicted octanol–water partition coefficient (Wildman–Crippen LogP) is 0.655. The maximum Gasteiger partial charge on any atom is 0.229 e. The quantitative estimate of drug-likeness (QED) is 0.242. The number of aromatic nitrogens is 2. The van der Waals surface area contributed by atoms with Gasteiger partial charge >= 0.3 is 0 Å². The Morgan fingerprint density at radius 1 is 1.22 bits per heavy atom. The summed E-state index contributed by atoms with van der Waals surface area (Å²) in [6.45, 7) is 10.5. The number of morpholine rings is 1. The molecule has 0 radical (unpaired) electrons. The van der Waals surface area contributed by atoms with Crippen LogP contribution in [-0.2, 0) is 9.53 Å². The summed E-state index contributed by atoms with van der Waals surface area (Å²) in [4.78, 5) is 29.6. The molecule has 10 nitrogen and oxygen atoms in total. The van der Waals surface area contributed by atoms with Crippen LogP contribution in [0.15, 0.2) is 11.1 Å². The van der Waals surface area contributed by atoms with Crippen LogP contribution < -0.4 is 16.4 Å². The number of likely N-dealkylation sites (tertiary alicyclic amines) is 1. The fourth-order valence-corrected chi connectivity index (χ4v) is 4.08. The molecule has 3 rings (SSSR count). The van der Waals surface area contributed by atoms with E-state index in [-0.39, 0.29) is 11.8 Å². The highest BCUT2D eigenvalue weighted by Gasteiger charge is 2.25. The first-order valence-corrected chi connectivity index (χ1v) is 11.6. The van der Waals surface area contributed by atoms with E-state index in [1.807, 2.05) is 19.9 Å². The molecule has 2 saturated heterocycles. The summed E-state index contributed by atoms with van der Waals surface area (Å²) in [6.07, 6.45) is 2.34. The van der Waals surface area contributed by atoms with Gasteiger partial charge in [0.2, 0.25) is 17.8 Å². The SMILES string of the molecule is Cc1cc(C)nc(N/C(=N/C(=S)NCCCN2CCOCC2)N2CCC(C(N)=O)CC2)n1. The van der Waals surface area contributed by atoms with Crippen LogP contribution in [0, 0.1) is 19.8 Å². The van der Waals surface area contributed by atoms with E-state index in [0.29, 0.717) is 43.0 Å². The lowest BCUT2D eigenvalue weighted by Gasteiger charge is -2.32. The molecule has 2 aliphatic rings. The lowest BCUT2D eigenvalue weighted by atomic mass is 9.96. The monoisotopic (exact) mass is 462 g/mol. The summed E-state index contributed by atoms with van der Waals surface area (Å²) in [5, 5.41) is 6.88. The molecule has 32 heavy (non-hydrogen) atoms. The number of thiocarbonyl (C=S) groups is 1. The maximum atomic E-state index is 11.5. The zero-order chi connectivity index (χ0) is 22.9. The molecule has 4 N–H and O–H groups in total. The van der Waals surface area contributed by atoms with E-state index < -0.39 is 0 Å². The van der Waals surface area contributed by atoms with Crippen LogP contribution in [0.1, 0.15) is 30.7 Å². The van der Waals surface area contributed by atoms with Crippen molar-refractivity contribution in [1.82, 2.24) is 25.1 Å². The number of carbonyl (C=O) groups is 1. The third-order valence-electron chi connectivity index (χ3n) is 5.64. The number of anilines is 1. The minimum absolute atomic E-state index is 0.102. The number of hydrogen-bond donors (Lipinski definition) is 3. The van der Waals surface area contributed by atoms with Crippen molar-refractivity contribution in [2.45, 2.75) is 33.1 Å². The zero-order valence-corrected chi connectivity index (χ0v) is 19.8. The van der Waals surface area contributed by atoms with Crippen LogP contribution in [0.5, 0.6) is 0 Å². The molecule has 2 fully saturated rings. The van der Waals surface area contributed by atoms with Gasteiger partial charge in [0, 0.05) is 50.0 Å². The Bertz CT molecular complexity index is 800. The Balaban J connectivity index is 1.60. The highest BCUT2D eigenvalue weighted by atomic mass is 32.1. The fourth-order valence-electron chi connectivity index (χ4n) is 3.89. The van der Waals surface area contributed by atoms with Gasteiger partial charge in [-0.25, -0.2) is 9.97 Å². The largest absolute Gasteiger partial charge is 0.379 e. The highest BCUT2D eigenvalue weighted by molar-refractivity contribution is 7.80. The Morgan fingerprint density at radius 3 is 2.50 bits per heavy atom. The van der Waals surface area contributed by atoms with Gasteiger partial charge in [0.25, 0.3) is 0 Å². The summed E-state index contributed by atoms with van der Waals surface area (Å²) in [6, 6.07) is 1.92. The number of primary amides is 1. The number of amides is 1. The Kier molecular flexibility index (Phi) is 9.12. The molecule has 0 atom stereocenters. The second-order valence-corrected chi connectivity index (χ2v) is 8.62. The molecule has 2 aliphatic heterocycles. The molecule has 0 bridgehead atoms. The third-order valence-corrected chi connectivity index (χ3v) is 5.88. The van der Waals surface area contributed by atoms with Crippen molar-refractivity contribution in [1.29, 1.82) is 0 Å². The van der Waals surface area contributed by atoms with Crippen molar-refractivity contribution in [3.8, 4) is 0 Å². The second kappa shape index (κ2) is 12.0. The minimum atomic E-state index is -0.244. The third kappa shape index (κ3) is 7.64. The first-order valence-electron chi connectivity index (χ1n) is 11.2. The average molecular weight is 463 g/mol. The normalized spacial score (nSPS) is 18.4. The number of aryl methyl sites for hydroxylation is 2. The molecule has 11 heteroatoms. The van der Waals surface area contributed by atoms with Gasteiger partial charge in [-0.15, -0.1) is 0 Å². The van der Waals surface area contributed by atoms with Crippen LogP contribution in [0.3, 0.4) is 0 Å². The van der Waals surface area contributed by atoms with E-state index in [9.17, 15) is 4.79 Å². The van der Waals surface area contributed by atoms with Gasteiger partial charge in [-0.05, 0) is 57.9 Å². The molecule has 1 aromatic rings. The van der Waals surface area contributed by atoms with Crippen molar-refractivity contribution in [2.24, 2.45) is 16.6 Å². The Hall–Kier alpha value is -2.37. The molecular formula is C21H34N8O2S. The highest BCUT2D eigenvalue weighted by Crippen LogP contribution is 2.17. The number of hydrogen-bond acceptors (Lipinski definition) is 6. The van der Waals surface area contributed by atoms with E-state index in [1.54, 1.807) is 0 Å². The Morgan fingerprint density at radius 2 is 1.88 bits per heavy atom. The van der Waals surface area contributed by atoms with Crippen LogP contribution in [0.4, 0.5) is 5.95 Å². The van der Waals surface area contributed by atoms with Crippen molar-refractivity contribution in [3.05, 3.63) is 17.5 Å². The smallest absolute Gasteiger partial charge is 0.229 e. The Labute approximate surface area is 195 Å². The van der Waals surface area contributed by atoms with Crippen LogP contribution in [0.2, 0.25) is 0 Å². The number of nitrogens with two attached hydrogens (primary N) is 1. The molecule has 0 spiro atoms. The van der Waals surface area contributed by atoms with Crippen molar-refractivity contribution < 1.29 is 9.53 Å². The van der Waals surface area contributed by atoms with Gasteiger partial charge in [0.05, 0.1) is 13.2 Å². The number of carbonyl (C=O) groups excluding carboxylic acids is 1. The molecule has 176 valence electrons. The number of nitrogens with one attached hydrogen (secondary N) is 2. The van der Waals surface area contributed by atoms with Gasteiger partial charge in [0.1, 0.15) is 0 Å².